The van der Waals surface area contributed by atoms with Crippen LogP contribution in [0.5, 0.6) is 0 Å². The number of amides is 3. The van der Waals surface area contributed by atoms with Crippen LogP contribution in [0.25, 0.3) is 0 Å². The first-order valence-electron chi connectivity index (χ1n) is 9.92. The van der Waals surface area contributed by atoms with Gasteiger partial charge < -0.3 is 16.0 Å². The standard InChI is InChI=1S/C23H27N3O3/c1-14(2)21(27)25-18-8-4-6-16(11-18)13-24-22(28)17-7-5-9-19(12-17)26-23(29)20-10-15(20)3/h4-9,11-12,14-15,20H,10,13H2,1-3H3,(H,24,28)(H,25,27)(H,26,29). The molecule has 2 unspecified atom stereocenters. The monoisotopic (exact) mass is 393 g/mol. The van der Waals surface area contributed by atoms with Gasteiger partial charge >= 0.3 is 0 Å². The molecule has 3 amide bonds. The lowest BCUT2D eigenvalue weighted by atomic mass is 10.1. The second-order valence-electron chi connectivity index (χ2n) is 7.92. The van der Waals surface area contributed by atoms with E-state index in [-0.39, 0.29) is 29.6 Å². The summed E-state index contributed by atoms with van der Waals surface area (Å²) < 4.78 is 0. The maximum Gasteiger partial charge on any atom is 0.251 e. The van der Waals surface area contributed by atoms with Crippen LogP contribution in [0.1, 0.15) is 43.1 Å². The number of nitrogens with one attached hydrogen (secondary N) is 3. The van der Waals surface area contributed by atoms with Crippen molar-refractivity contribution in [3.05, 3.63) is 59.7 Å². The summed E-state index contributed by atoms with van der Waals surface area (Å²) >= 11 is 0. The van der Waals surface area contributed by atoms with Crippen molar-refractivity contribution in [2.24, 2.45) is 17.8 Å². The highest BCUT2D eigenvalue weighted by molar-refractivity contribution is 5.98. The molecule has 152 valence electrons. The molecule has 1 aliphatic rings. The zero-order valence-electron chi connectivity index (χ0n) is 17.0. The minimum absolute atomic E-state index is 0.00955. The average molecular weight is 393 g/mol. The smallest absolute Gasteiger partial charge is 0.251 e. The Morgan fingerprint density at radius 2 is 1.66 bits per heavy atom. The van der Waals surface area contributed by atoms with Gasteiger partial charge in [-0.25, -0.2) is 0 Å². The van der Waals surface area contributed by atoms with E-state index < -0.39 is 0 Å². The molecule has 6 heteroatoms. The van der Waals surface area contributed by atoms with Gasteiger partial charge in [0.15, 0.2) is 0 Å². The zero-order valence-corrected chi connectivity index (χ0v) is 17.0. The van der Waals surface area contributed by atoms with E-state index in [1.807, 2.05) is 38.1 Å². The molecule has 2 aromatic rings. The summed E-state index contributed by atoms with van der Waals surface area (Å²) in [7, 11) is 0. The number of carbonyl (C=O) groups is 3. The third-order valence-corrected chi connectivity index (χ3v) is 5.01. The van der Waals surface area contributed by atoms with E-state index in [0.29, 0.717) is 29.4 Å². The summed E-state index contributed by atoms with van der Waals surface area (Å²) in [6.07, 6.45) is 0.919. The molecule has 3 rings (SSSR count). The van der Waals surface area contributed by atoms with E-state index in [1.54, 1.807) is 24.3 Å². The maximum atomic E-state index is 12.5. The van der Waals surface area contributed by atoms with Gasteiger partial charge in [-0.05, 0) is 48.2 Å². The van der Waals surface area contributed by atoms with Crippen molar-refractivity contribution in [1.82, 2.24) is 5.32 Å². The number of benzene rings is 2. The normalized spacial score (nSPS) is 17.5. The fourth-order valence-electron chi connectivity index (χ4n) is 2.99. The van der Waals surface area contributed by atoms with Crippen molar-refractivity contribution < 1.29 is 14.4 Å². The fraction of sp³-hybridized carbons (Fsp3) is 0.348. The van der Waals surface area contributed by atoms with Crippen LogP contribution in [-0.4, -0.2) is 17.7 Å². The van der Waals surface area contributed by atoms with E-state index in [4.69, 9.17) is 0 Å². The molecule has 3 N–H and O–H groups in total. The highest BCUT2D eigenvalue weighted by Crippen LogP contribution is 2.38. The van der Waals surface area contributed by atoms with Gasteiger partial charge in [0.2, 0.25) is 11.8 Å². The Hall–Kier alpha value is -3.15. The van der Waals surface area contributed by atoms with Crippen molar-refractivity contribution in [2.75, 3.05) is 10.6 Å². The fourth-order valence-corrected chi connectivity index (χ4v) is 2.99. The molecule has 2 aromatic carbocycles. The first-order valence-corrected chi connectivity index (χ1v) is 9.92. The zero-order chi connectivity index (χ0) is 21.0. The first kappa shape index (κ1) is 20.6. The molecule has 6 nitrogen and oxygen atoms in total. The van der Waals surface area contributed by atoms with E-state index in [9.17, 15) is 14.4 Å². The molecule has 0 aliphatic heterocycles. The highest BCUT2D eigenvalue weighted by atomic mass is 16.2. The SMILES string of the molecule is CC(C)C(=O)Nc1cccc(CNC(=O)c2cccc(NC(=O)C3CC3C)c2)c1. The lowest BCUT2D eigenvalue weighted by Crippen LogP contribution is -2.23. The highest BCUT2D eigenvalue weighted by Gasteiger charge is 2.39. The number of hydrogen-bond acceptors (Lipinski definition) is 3. The molecule has 0 spiro atoms. The minimum atomic E-state index is -0.225. The number of hydrogen-bond donors (Lipinski definition) is 3. The third-order valence-electron chi connectivity index (χ3n) is 5.01. The van der Waals surface area contributed by atoms with Crippen LogP contribution in [0.3, 0.4) is 0 Å². The first-order chi connectivity index (χ1) is 13.8. The van der Waals surface area contributed by atoms with Crippen molar-refractivity contribution >= 4 is 29.1 Å². The van der Waals surface area contributed by atoms with Crippen molar-refractivity contribution in [1.29, 1.82) is 0 Å². The Bertz CT molecular complexity index is 923. The van der Waals surface area contributed by atoms with Crippen LogP contribution in [0.2, 0.25) is 0 Å². The molecular weight excluding hydrogens is 366 g/mol. The van der Waals surface area contributed by atoms with E-state index in [2.05, 4.69) is 22.9 Å². The lowest BCUT2D eigenvalue weighted by Gasteiger charge is -2.11. The number of rotatable bonds is 7. The van der Waals surface area contributed by atoms with Gasteiger partial charge in [0.1, 0.15) is 0 Å². The summed E-state index contributed by atoms with van der Waals surface area (Å²) in [5.74, 6) is 0.145. The topological polar surface area (TPSA) is 87.3 Å². The Balaban J connectivity index is 1.57. The summed E-state index contributed by atoms with van der Waals surface area (Å²) in [4.78, 5) is 36.4. The van der Waals surface area contributed by atoms with Crippen LogP contribution < -0.4 is 16.0 Å². The van der Waals surface area contributed by atoms with Gasteiger partial charge in [-0.1, -0.05) is 39.0 Å². The Kier molecular flexibility index (Phi) is 6.32. The largest absolute Gasteiger partial charge is 0.348 e. The molecule has 1 aliphatic carbocycles. The predicted octanol–water partition coefficient (Wildman–Crippen LogP) is 3.81. The van der Waals surface area contributed by atoms with Crippen molar-refractivity contribution in [3.63, 3.8) is 0 Å². The number of anilines is 2. The predicted molar refractivity (Wildman–Crippen MR) is 113 cm³/mol. The second kappa shape index (κ2) is 8.90. The van der Waals surface area contributed by atoms with Gasteiger partial charge in [-0.3, -0.25) is 14.4 Å². The molecule has 29 heavy (non-hydrogen) atoms. The maximum absolute atomic E-state index is 12.5. The van der Waals surface area contributed by atoms with Crippen LogP contribution in [0, 0.1) is 17.8 Å². The molecule has 0 saturated heterocycles. The molecule has 0 aromatic heterocycles. The van der Waals surface area contributed by atoms with Gasteiger partial charge in [-0.2, -0.15) is 0 Å². The summed E-state index contributed by atoms with van der Waals surface area (Å²) in [6, 6.07) is 14.3. The third kappa shape index (κ3) is 5.67. The van der Waals surface area contributed by atoms with E-state index in [1.165, 1.54) is 0 Å². The van der Waals surface area contributed by atoms with E-state index >= 15 is 0 Å². The average Bonchev–Trinajstić information content (AvgIpc) is 3.43. The second-order valence-corrected chi connectivity index (χ2v) is 7.92. The van der Waals surface area contributed by atoms with Gasteiger partial charge in [0, 0.05) is 35.3 Å². The molecule has 1 saturated carbocycles. The van der Waals surface area contributed by atoms with Gasteiger partial charge in [-0.15, -0.1) is 0 Å². The summed E-state index contributed by atoms with van der Waals surface area (Å²) in [6.45, 7) is 6.06. The number of carbonyl (C=O) groups excluding carboxylic acids is 3. The Labute approximate surface area is 171 Å². The molecule has 1 fully saturated rings. The quantitative estimate of drug-likeness (QED) is 0.668. The van der Waals surface area contributed by atoms with Gasteiger partial charge in [0.05, 0.1) is 0 Å². The molecule has 2 atom stereocenters. The van der Waals surface area contributed by atoms with Crippen LogP contribution in [0.4, 0.5) is 11.4 Å². The van der Waals surface area contributed by atoms with Crippen molar-refractivity contribution in [3.8, 4) is 0 Å². The van der Waals surface area contributed by atoms with E-state index in [0.717, 1.165) is 12.0 Å². The van der Waals surface area contributed by atoms with Crippen LogP contribution in [0.15, 0.2) is 48.5 Å². The Morgan fingerprint density at radius 1 is 1.00 bits per heavy atom. The molecule has 0 heterocycles. The minimum Gasteiger partial charge on any atom is -0.348 e. The lowest BCUT2D eigenvalue weighted by molar-refractivity contribution is -0.119. The van der Waals surface area contributed by atoms with Crippen LogP contribution >= 0.6 is 0 Å². The molecular formula is C23H27N3O3. The molecule has 0 bridgehead atoms. The summed E-state index contributed by atoms with van der Waals surface area (Å²) in [5.41, 5.74) is 2.69. The summed E-state index contributed by atoms with van der Waals surface area (Å²) in [5, 5.41) is 8.61. The Morgan fingerprint density at radius 3 is 2.31 bits per heavy atom. The van der Waals surface area contributed by atoms with Gasteiger partial charge in [0.25, 0.3) is 5.91 Å². The van der Waals surface area contributed by atoms with Crippen LogP contribution in [-0.2, 0) is 16.1 Å². The molecule has 0 radical (unpaired) electrons. The van der Waals surface area contributed by atoms with Crippen molar-refractivity contribution in [2.45, 2.75) is 33.7 Å².